The molecule has 5 rings (SSSR count). The van der Waals surface area contributed by atoms with Crippen LogP contribution in [0.1, 0.15) is 0 Å². The van der Waals surface area contributed by atoms with E-state index in [1.54, 1.807) is 7.11 Å². The summed E-state index contributed by atoms with van der Waals surface area (Å²) in [6, 6.07) is 19.6. The van der Waals surface area contributed by atoms with Crippen molar-refractivity contribution in [2.75, 3.05) is 44.5 Å². The first-order valence-corrected chi connectivity index (χ1v) is 14.6. The first-order valence-electron chi connectivity index (χ1n) is 11.8. The Morgan fingerprint density at radius 1 is 1.11 bits per heavy atom. The van der Waals surface area contributed by atoms with Crippen LogP contribution in [-0.4, -0.2) is 67.3 Å². The van der Waals surface area contributed by atoms with Gasteiger partial charge in [0.15, 0.2) is 5.16 Å². The van der Waals surface area contributed by atoms with Crippen molar-refractivity contribution in [1.29, 1.82) is 0 Å². The molecule has 3 aromatic carbocycles. The highest BCUT2D eigenvalue weighted by molar-refractivity contribution is 7.99. The molecule has 198 valence electrons. The monoisotopic (exact) mass is 572 g/mol. The predicted molar refractivity (Wildman–Crippen MR) is 148 cm³/mol. The molecule has 0 spiro atoms. The van der Waals surface area contributed by atoms with Crippen molar-refractivity contribution < 1.29 is 22.7 Å². The Bertz CT molecular complexity index is 1570. The number of rotatable bonds is 8. The fourth-order valence-corrected chi connectivity index (χ4v) is 6.52. The molecule has 0 unspecified atom stereocenters. The Morgan fingerprint density at radius 2 is 1.84 bits per heavy atom. The number of halogens is 1. The molecule has 1 aromatic heterocycles. The molecule has 38 heavy (non-hydrogen) atoms. The molecule has 1 fully saturated rings. The molecule has 0 aliphatic carbocycles. The molecular formula is C26H25ClN4O5S2. The SMILES string of the molecule is COc1ccc(-n2c(SCC(=O)Nc3cc(S(=O)(=O)N4CCOCC4)ccc3Cl)nc3ccccc32)cc1. The molecule has 9 nitrogen and oxygen atoms in total. The largest absolute Gasteiger partial charge is 0.497 e. The van der Waals surface area contributed by atoms with Gasteiger partial charge in [-0.15, -0.1) is 0 Å². The zero-order chi connectivity index (χ0) is 26.7. The number of methoxy groups -OCH3 is 1. The molecule has 1 aliphatic rings. The zero-order valence-electron chi connectivity index (χ0n) is 20.5. The van der Waals surface area contributed by atoms with Gasteiger partial charge in [0.1, 0.15) is 5.75 Å². The van der Waals surface area contributed by atoms with Crippen LogP contribution in [0.4, 0.5) is 5.69 Å². The van der Waals surface area contributed by atoms with Gasteiger partial charge in [-0.3, -0.25) is 9.36 Å². The highest BCUT2D eigenvalue weighted by Gasteiger charge is 2.27. The van der Waals surface area contributed by atoms with Crippen LogP contribution in [-0.2, 0) is 19.6 Å². The van der Waals surface area contributed by atoms with Gasteiger partial charge in [0.2, 0.25) is 15.9 Å². The number of hydrogen-bond acceptors (Lipinski definition) is 7. The van der Waals surface area contributed by atoms with Crippen molar-refractivity contribution in [2.45, 2.75) is 10.1 Å². The van der Waals surface area contributed by atoms with E-state index in [0.717, 1.165) is 22.5 Å². The van der Waals surface area contributed by atoms with Crippen molar-refractivity contribution in [3.05, 3.63) is 71.8 Å². The number of thioether (sulfide) groups is 1. The van der Waals surface area contributed by atoms with Gasteiger partial charge in [-0.05, 0) is 54.6 Å². The van der Waals surface area contributed by atoms with Crippen LogP contribution in [0, 0.1) is 0 Å². The van der Waals surface area contributed by atoms with Crippen LogP contribution >= 0.6 is 23.4 Å². The average molecular weight is 573 g/mol. The predicted octanol–water partition coefficient (Wildman–Crippen LogP) is 4.44. The number of benzene rings is 3. The van der Waals surface area contributed by atoms with Crippen LogP contribution in [0.2, 0.25) is 5.02 Å². The number of para-hydroxylation sites is 2. The van der Waals surface area contributed by atoms with E-state index in [4.69, 9.17) is 26.1 Å². The molecule has 4 aromatic rings. The highest BCUT2D eigenvalue weighted by atomic mass is 35.5. The maximum atomic E-state index is 13.0. The number of sulfonamides is 1. The second kappa shape index (κ2) is 11.3. The van der Waals surface area contributed by atoms with Gasteiger partial charge in [-0.2, -0.15) is 4.31 Å². The molecule has 0 atom stereocenters. The molecule has 0 radical (unpaired) electrons. The number of ether oxygens (including phenoxy) is 2. The summed E-state index contributed by atoms with van der Waals surface area (Å²) in [5.41, 5.74) is 2.82. The Kier molecular flexibility index (Phi) is 7.91. The van der Waals surface area contributed by atoms with Gasteiger partial charge in [-0.25, -0.2) is 13.4 Å². The first kappa shape index (κ1) is 26.5. The number of carbonyl (C=O) groups excluding carboxylic acids is 1. The van der Waals surface area contributed by atoms with Crippen molar-refractivity contribution in [2.24, 2.45) is 0 Å². The van der Waals surface area contributed by atoms with Crippen molar-refractivity contribution >= 4 is 56.0 Å². The molecule has 1 saturated heterocycles. The van der Waals surface area contributed by atoms with Gasteiger partial charge in [0.25, 0.3) is 0 Å². The minimum atomic E-state index is -3.73. The fraction of sp³-hybridized carbons (Fsp3) is 0.231. The molecule has 0 saturated carbocycles. The van der Waals surface area contributed by atoms with Crippen molar-refractivity contribution in [3.8, 4) is 11.4 Å². The number of nitrogens with one attached hydrogen (secondary N) is 1. The van der Waals surface area contributed by atoms with Crippen LogP contribution < -0.4 is 10.1 Å². The van der Waals surface area contributed by atoms with Crippen LogP contribution in [0.15, 0.2) is 76.8 Å². The van der Waals surface area contributed by atoms with E-state index in [-0.39, 0.29) is 40.4 Å². The van der Waals surface area contributed by atoms with E-state index in [2.05, 4.69) is 5.32 Å². The fourth-order valence-electron chi connectivity index (χ4n) is 4.09. The van der Waals surface area contributed by atoms with E-state index in [1.165, 1.54) is 34.3 Å². The maximum Gasteiger partial charge on any atom is 0.243 e. The third-order valence-corrected chi connectivity index (χ3v) is 9.18. The number of amides is 1. The quantitative estimate of drug-likeness (QED) is 0.311. The standard InChI is InChI=1S/C26H25ClN4O5S2/c1-35-19-8-6-18(7-9-19)31-24-5-3-2-4-22(24)29-26(31)37-17-25(32)28-23-16-20(10-11-21(23)27)38(33,34)30-12-14-36-15-13-30/h2-11,16H,12-15,17H2,1H3,(H,28,32). The molecule has 1 aliphatic heterocycles. The zero-order valence-corrected chi connectivity index (χ0v) is 22.9. The lowest BCUT2D eigenvalue weighted by Gasteiger charge is -2.26. The number of imidazole rings is 1. The summed E-state index contributed by atoms with van der Waals surface area (Å²) in [6.45, 7) is 1.24. The van der Waals surface area contributed by atoms with Gasteiger partial charge in [-0.1, -0.05) is 35.5 Å². The third kappa shape index (κ3) is 5.52. The first-order chi connectivity index (χ1) is 18.4. The molecule has 0 bridgehead atoms. The Morgan fingerprint density at radius 3 is 2.58 bits per heavy atom. The normalized spacial score (nSPS) is 14.5. The van der Waals surface area contributed by atoms with Crippen LogP contribution in [0.25, 0.3) is 16.7 Å². The van der Waals surface area contributed by atoms with E-state index in [9.17, 15) is 13.2 Å². The Balaban J connectivity index is 1.35. The van der Waals surface area contributed by atoms with E-state index >= 15 is 0 Å². The summed E-state index contributed by atoms with van der Waals surface area (Å²) in [5.74, 6) is 0.434. The van der Waals surface area contributed by atoms with E-state index < -0.39 is 10.0 Å². The van der Waals surface area contributed by atoms with Crippen molar-refractivity contribution in [3.63, 3.8) is 0 Å². The smallest absolute Gasteiger partial charge is 0.243 e. The minimum Gasteiger partial charge on any atom is -0.497 e. The number of aromatic nitrogens is 2. The maximum absolute atomic E-state index is 13.0. The second-order valence-corrected chi connectivity index (χ2v) is 11.7. The molecule has 2 heterocycles. The number of fused-ring (bicyclic) bond motifs is 1. The van der Waals surface area contributed by atoms with Crippen molar-refractivity contribution in [1.82, 2.24) is 13.9 Å². The minimum absolute atomic E-state index is 0.0379. The summed E-state index contributed by atoms with van der Waals surface area (Å²) in [6.07, 6.45) is 0. The number of anilines is 1. The summed E-state index contributed by atoms with van der Waals surface area (Å²) >= 11 is 7.57. The molecule has 1 N–H and O–H groups in total. The number of hydrogen-bond donors (Lipinski definition) is 1. The lowest BCUT2D eigenvalue weighted by molar-refractivity contribution is -0.113. The average Bonchev–Trinajstić information content (AvgIpc) is 3.32. The topological polar surface area (TPSA) is 103 Å². The lowest BCUT2D eigenvalue weighted by atomic mass is 10.2. The van der Waals surface area contributed by atoms with Crippen LogP contribution in [0.3, 0.4) is 0 Å². The van der Waals surface area contributed by atoms with Gasteiger partial charge in [0.05, 0.1) is 52.7 Å². The van der Waals surface area contributed by atoms with E-state index in [0.29, 0.717) is 18.4 Å². The van der Waals surface area contributed by atoms with Gasteiger partial charge >= 0.3 is 0 Å². The third-order valence-electron chi connectivity index (χ3n) is 6.01. The van der Waals surface area contributed by atoms with Crippen LogP contribution in [0.5, 0.6) is 5.75 Å². The summed E-state index contributed by atoms with van der Waals surface area (Å²) in [5, 5.41) is 3.64. The molecule has 1 amide bonds. The Labute approximate surface area is 229 Å². The summed E-state index contributed by atoms with van der Waals surface area (Å²) < 4.78 is 40.0. The van der Waals surface area contributed by atoms with Gasteiger partial charge in [0, 0.05) is 18.8 Å². The molecule has 12 heteroatoms. The van der Waals surface area contributed by atoms with Gasteiger partial charge < -0.3 is 14.8 Å². The summed E-state index contributed by atoms with van der Waals surface area (Å²) in [7, 11) is -2.12. The highest BCUT2D eigenvalue weighted by Crippen LogP contribution is 2.30. The number of carbonyl (C=O) groups is 1. The van der Waals surface area contributed by atoms with E-state index in [1.807, 2.05) is 53.1 Å². The number of nitrogens with zero attached hydrogens (tertiary/aromatic N) is 3. The molecular weight excluding hydrogens is 548 g/mol. The summed E-state index contributed by atoms with van der Waals surface area (Å²) in [4.78, 5) is 17.7. The second-order valence-electron chi connectivity index (χ2n) is 8.41. The lowest BCUT2D eigenvalue weighted by Crippen LogP contribution is -2.40. The Hall–Kier alpha value is -3.09. The number of morpholine rings is 1.